The predicted molar refractivity (Wildman–Crippen MR) is 101 cm³/mol. The third kappa shape index (κ3) is 6.07. The van der Waals surface area contributed by atoms with Crippen LogP contribution in [0.2, 0.25) is 0 Å². The molecule has 0 aromatic heterocycles. The van der Waals surface area contributed by atoms with Gasteiger partial charge in [0, 0.05) is 42.4 Å². The fraction of sp³-hybridized carbons (Fsp3) is 0.611. The Bertz CT molecular complexity index is 497. The second-order valence-electron chi connectivity index (χ2n) is 6.53. The minimum absolute atomic E-state index is 0.341. The van der Waals surface area contributed by atoms with Crippen LogP contribution in [0.1, 0.15) is 26.7 Å². The fourth-order valence-corrected chi connectivity index (χ4v) is 3.51. The quantitative estimate of drug-likeness (QED) is 0.566. The van der Waals surface area contributed by atoms with Crippen molar-refractivity contribution >= 4 is 17.7 Å². The fourth-order valence-electron chi connectivity index (χ4n) is 2.27. The zero-order valence-electron chi connectivity index (χ0n) is 14.8. The molecular weight excluding hydrogens is 304 g/mol. The second-order valence-corrected chi connectivity index (χ2v) is 8.07. The van der Waals surface area contributed by atoms with E-state index >= 15 is 0 Å². The van der Waals surface area contributed by atoms with Crippen LogP contribution in [0.5, 0.6) is 0 Å². The Balaban J connectivity index is 1.73. The molecule has 4 nitrogen and oxygen atoms in total. The van der Waals surface area contributed by atoms with Crippen molar-refractivity contribution in [3.05, 3.63) is 30.3 Å². The normalized spacial score (nSPS) is 16.7. The lowest BCUT2D eigenvalue weighted by atomic mass is 10.3. The molecule has 0 unspecified atom stereocenters. The molecule has 0 spiro atoms. The van der Waals surface area contributed by atoms with Gasteiger partial charge in [-0.25, -0.2) is 0 Å². The molecule has 128 valence electrons. The molecule has 0 heterocycles. The van der Waals surface area contributed by atoms with Gasteiger partial charge in [0.15, 0.2) is 5.96 Å². The van der Waals surface area contributed by atoms with Gasteiger partial charge < -0.3 is 15.5 Å². The zero-order chi connectivity index (χ0) is 16.7. The maximum Gasteiger partial charge on any atom is 0.191 e. The number of nitrogens with zero attached hydrogens (tertiary/aromatic N) is 2. The van der Waals surface area contributed by atoms with E-state index in [2.05, 4.69) is 71.8 Å². The van der Waals surface area contributed by atoms with E-state index in [0.717, 1.165) is 25.6 Å². The highest BCUT2D eigenvalue weighted by Crippen LogP contribution is 2.51. The lowest BCUT2D eigenvalue weighted by Gasteiger charge is -2.22. The van der Waals surface area contributed by atoms with Gasteiger partial charge in [-0.15, -0.1) is 11.8 Å². The summed E-state index contributed by atoms with van der Waals surface area (Å²) in [4.78, 5) is 8.02. The van der Waals surface area contributed by atoms with Gasteiger partial charge in [-0.05, 0) is 45.9 Å². The van der Waals surface area contributed by atoms with E-state index in [-0.39, 0.29) is 0 Å². The van der Waals surface area contributed by atoms with Crippen LogP contribution < -0.4 is 10.6 Å². The molecule has 0 amide bonds. The van der Waals surface area contributed by atoms with E-state index in [0.29, 0.717) is 10.8 Å². The molecule has 0 radical (unpaired) electrons. The van der Waals surface area contributed by atoms with Gasteiger partial charge in [0.25, 0.3) is 0 Å². The van der Waals surface area contributed by atoms with Gasteiger partial charge in [-0.1, -0.05) is 18.2 Å². The van der Waals surface area contributed by atoms with Crippen LogP contribution in [0.25, 0.3) is 0 Å². The monoisotopic (exact) mass is 334 g/mol. The first-order valence-corrected chi connectivity index (χ1v) is 9.25. The largest absolute Gasteiger partial charge is 0.355 e. The summed E-state index contributed by atoms with van der Waals surface area (Å²) in [5, 5.41) is 6.90. The van der Waals surface area contributed by atoms with Crippen molar-refractivity contribution < 1.29 is 0 Å². The molecule has 1 aliphatic rings. The number of rotatable bonds is 8. The van der Waals surface area contributed by atoms with Crippen molar-refractivity contribution in [1.29, 1.82) is 0 Å². The van der Waals surface area contributed by atoms with Crippen LogP contribution in [0.4, 0.5) is 0 Å². The third-order valence-electron chi connectivity index (χ3n) is 4.33. The first-order valence-electron chi connectivity index (χ1n) is 8.43. The Morgan fingerprint density at radius 1 is 1.26 bits per heavy atom. The van der Waals surface area contributed by atoms with Crippen molar-refractivity contribution in [2.45, 2.75) is 42.4 Å². The molecular formula is C18H30N4S. The van der Waals surface area contributed by atoms with Gasteiger partial charge >= 0.3 is 0 Å². The lowest BCUT2D eigenvalue weighted by Crippen LogP contribution is -2.44. The number of hydrogen-bond donors (Lipinski definition) is 2. The number of guanidine groups is 1. The summed E-state index contributed by atoms with van der Waals surface area (Å²) >= 11 is 1.99. The summed E-state index contributed by atoms with van der Waals surface area (Å²) in [5.41, 5.74) is 0. The van der Waals surface area contributed by atoms with Crippen LogP contribution in [0.3, 0.4) is 0 Å². The summed E-state index contributed by atoms with van der Waals surface area (Å²) < 4.78 is 0.341. The third-order valence-corrected chi connectivity index (χ3v) is 5.82. The maximum atomic E-state index is 4.33. The maximum absolute atomic E-state index is 4.33. The highest BCUT2D eigenvalue weighted by atomic mass is 32.2. The smallest absolute Gasteiger partial charge is 0.191 e. The Labute approximate surface area is 145 Å². The number of nitrogens with one attached hydrogen (secondary N) is 2. The number of likely N-dealkylation sites (N-methyl/N-ethyl adjacent to an activating group) is 1. The molecule has 1 aliphatic carbocycles. The molecule has 0 saturated heterocycles. The van der Waals surface area contributed by atoms with Gasteiger partial charge in [-0.3, -0.25) is 4.99 Å². The molecule has 1 fully saturated rings. The molecule has 1 aromatic rings. The molecule has 2 rings (SSSR count). The van der Waals surface area contributed by atoms with E-state index < -0.39 is 0 Å². The van der Waals surface area contributed by atoms with Crippen LogP contribution in [0, 0.1) is 0 Å². The summed E-state index contributed by atoms with van der Waals surface area (Å²) in [7, 11) is 3.99. The van der Waals surface area contributed by atoms with Crippen LogP contribution in [-0.2, 0) is 0 Å². The average Bonchev–Trinajstić information content (AvgIpc) is 3.31. The van der Waals surface area contributed by atoms with E-state index in [9.17, 15) is 0 Å². The van der Waals surface area contributed by atoms with Crippen LogP contribution in [0.15, 0.2) is 40.2 Å². The Morgan fingerprint density at radius 2 is 1.96 bits per heavy atom. The molecule has 0 atom stereocenters. The van der Waals surface area contributed by atoms with Gasteiger partial charge in [0.1, 0.15) is 0 Å². The standard InChI is InChI=1S/C18H30N4S/c1-15(2)22(4)13-12-20-17(19-3)21-14-18(10-11-18)23-16-8-6-5-7-9-16/h5-9,15H,10-14H2,1-4H3,(H2,19,20,21). The highest BCUT2D eigenvalue weighted by Gasteiger charge is 2.43. The summed E-state index contributed by atoms with van der Waals surface area (Å²) in [6.45, 7) is 7.32. The van der Waals surface area contributed by atoms with Crippen molar-refractivity contribution in [1.82, 2.24) is 15.5 Å². The molecule has 5 heteroatoms. The Morgan fingerprint density at radius 3 is 2.52 bits per heavy atom. The molecule has 1 aromatic carbocycles. The van der Waals surface area contributed by atoms with E-state index in [1.54, 1.807) is 0 Å². The first-order chi connectivity index (χ1) is 11.0. The van der Waals surface area contributed by atoms with Crippen LogP contribution >= 0.6 is 11.8 Å². The van der Waals surface area contributed by atoms with Gasteiger partial charge in [0.05, 0.1) is 0 Å². The van der Waals surface area contributed by atoms with Crippen molar-refractivity contribution in [3.63, 3.8) is 0 Å². The van der Waals surface area contributed by atoms with E-state index in [1.165, 1.54) is 17.7 Å². The predicted octanol–water partition coefficient (Wildman–Crippen LogP) is 2.82. The molecule has 23 heavy (non-hydrogen) atoms. The number of aliphatic imine (C=N–C) groups is 1. The number of benzene rings is 1. The van der Waals surface area contributed by atoms with Crippen LogP contribution in [-0.4, -0.2) is 55.4 Å². The minimum Gasteiger partial charge on any atom is -0.355 e. The van der Waals surface area contributed by atoms with Gasteiger partial charge in [0.2, 0.25) is 0 Å². The second kappa shape index (κ2) is 8.60. The minimum atomic E-state index is 0.341. The zero-order valence-corrected chi connectivity index (χ0v) is 15.6. The van der Waals surface area contributed by atoms with E-state index in [4.69, 9.17) is 0 Å². The van der Waals surface area contributed by atoms with Crippen molar-refractivity contribution in [3.8, 4) is 0 Å². The SMILES string of the molecule is CN=C(NCCN(C)C(C)C)NCC1(Sc2ccccc2)CC1. The number of hydrogen-bond acceptors (Lipinski definition) is 3. The molecule has 1 saturated carbocycles. The molecule has 0 aliphatic heterocycles. The average molecular weight is 335 g/mol. The summed E-state index contributed by atoms with van der Waals surface area (Å²) in [5.74, 6) is 0.905. The lowest BCUT2D eigenvalue weighted by molar-refractivity contribution is 0.278. The molecule has 0 bridgehead atoms. The Hall–Kier alpha value is -1.20. The number of thioether (sulfide) groups is 1. The Kier molecular flexibility index (Phi) is 6.78. The first kappa shape index (κ1) is 18.1. The van der Waals surface area contributed by atoms with Crippen molar-refractivity contribution in [2.24, 2.45) is 4.99 Å². The molecule has 2 N–H and O–H groups in total. The van der Waals surface area contributed by atoms with E-state index in [1.807, 2.05) is 18.8 Å². The van der Waals surface area contributed by atoms with Crippen molar-refractivity contribution in [2.75, 3.05) is 33.7 Å². The topological polar surface area (TPSA) is 39.7 Å². The highest BCUT2D eigenvalue weighted by molar-refractivity contribution is 8.01. The van der Waals surface area contributed by atoms with Gasteiger partial charge in [-0.2, -0.15) is 0 Å². The summed E-state index contributed by atoms with van der Waals surface area (Å²) in [6.07, 6.45) is 2.54. The summed E-state index contributed by atoms with van der Waals surface area (Å²) in [6, 6.07) is 11.2.